The number of urea groups is 1. The Morgan fingerprint density at radius 3 is 2.48 bits per heavy atom. The van der Waals surface area contributed by atoms with Crippen LogP contribution in [0, 0.1) is 0 Å². The van der Waals surface area contributed by atoms with Gasteiger partial charge < -0.3 is 10.1 Å². The number of hydrazine groups is 1. The molecule has 8 heteroatoms. The van der Waals surface area contributed by atoms with Crippen molar-refractivity contribution in [3.05, 3.63) is 60.2 Å². The molecule has 0 unspecified atom stereocenters. The molecule has 1 aliphatic rings. The second kappa shape index (κ2) is 9.00. The molecule has 0 bridgehead atoms. The maximum atomic E-state index is 12.7. The van der Waals surface area contributed by atoms with Crippen LogP contribution in [0.1, 0.15) is 18.9 Å². The number of nitrogens with zero attached hydrogens (tertiary/aromatic N) is 1. The number of imide groups is 1. The van der Waals surface area contributed by atoms with E-state index in [4.69, 9.17) is 4.74 Å². The molecule has 152 valence electrons. The molecule has 4 amide bonds. The predicted octanol–water partition coefficient (Wildman–Crippen LogP) is 2.76. The average molecular weight is 413 g/mol. The molecule has 29 heavy (non-hydrogen) atoms. The summed E-state index contributed by atoms with van der Waals surface area (Å²) in [5.74, 6) is -0.0832. The zero-order chi connectivity index (χ0) is 20.9. The van der Waals surface area contributed by atoms with Crippen LogP contribution in [0.25, 0.3) is 0 Å². The lowest BCUT2D eigenvalue weighted by molar-refractivity contribution is -0.138. The molecule has 7 nitrogen and oxygen atoms in total. The van der Waals surface area contributed by atoms with Crippen LogP contribution in [0.15, 0.2) is 59.5 Å². The summed E-state index contributed by atoms with van der Waals surface area (Å²) in [6.07, 6.45) is 1.08. The molecule has 2 N–H and O–H groups in total. The van der Waals surface area contributed by atoms with Crippen molar-refractivity contribution < 1.29 is 19.1 Å². The fraction of sp³-hybridized carbons (Fsp3) is 0.286. The number of ether oxygens (including phenoxy) is 1. The highest BCUT2D eigenvalue weighted by atomic mass is 32.2. The quantitative estimate of drug-likeness (QED) is 0.513. The van der Waals surface area contributed by atoms with E-state index in [0.29, 0.717) is 12.8 Å². The second-order valence-electron chi connectivity index (χ2n) is 6.89. The minimum absolute atomic E-state index is 0.0735. The van der Waals surface area contributed by atoms with Gasteiger partial charge in [-0.15, -0.1) is 11.8 Å². The molecule has 1 saturated heterocycles. The van der Waals surface area contributed by atoms with Gasteiger partial charge in [0, 0.05) is 4.90 Å². The van der Waals surface area contributed by atoms with Gasteiger partial charge in [0.2, 0.25) is 5.91 Å². The van der Waals surface area contributed by atoms with Crippen molar-refractivity contribution in [1.29, 1.82) is 0 Å². The van der Waals surface area contributed by atoms with E-state index in [0.717, 1.165) is 21.2 Å². The summed E-state index contributed by atoms with van der Waals surface area (Å²) in [4.78, 5) is 38.1. The molecular weight excluding hydrogens is 390 g/mol. The van der Waals surface area contributed by atoms with Gasteiger partial charge in [0.05, 0.1) is 12.9 Å². The number of aryl methyl sites for hydroxylation is 1. The lowest BCUT2D eigenvalue weighted by Crippen LogP contribution is -2.49. The van der Waals surface area contributed by atoms with Crippen molar-refractivity contribution in [2.24, 2.45) is 0 Å². The molecule has 3 rings (SSSR count). The molecule has 1 fully saturated rings. The predicted molar refractivity (Wildman–Crippen MR) is 110 cm³/mol. The van der Waals surface area contributed by atoms with Gasteiger partial charge in [0.25, 0.3) is 5.91 Å². The molecule has 1 atom stereocenters. The van der Waals surface area contributed by atoms with E-state index in [1.54, 1.807) is 26.2 Å². The van der Waals surface area contributed by atoms with Crippen LogP contribution >= 0.6 is 11.8 Å². The molecule has 2 aromatic rings. The molecule has 1 heterocycles. The number of carbonyl (C=O) groups excluding carboxylic acids is 3. The van der Waals surface area contributed by atoms with Gasteiger partial charge in [0.1, 0.15) is 11.3 Å². The fourth-order valence-corrected chi connectivity index (χ4v) is 3.66. The molecule has 0 saturated carbocycles. The van der Waals surface area contributed by atoms with Crippen LogP contribution in [0.4, 0.5) is 4.79 Å². The summed E-state index contributed by atoms with van der Waals surface area (Å²) in [7, 11) is 1.58. The van der Waals surface area contributed by atoms with E-state index < -0.39 is 23.4 Å². The van der Waals surface area contributed by atoms with E-state index in [9.17, 15) is 14.4 Å². The van der Waals surface area contributed by atoms with Crippen LogP contribution in [-0.2, 0) is 16.0 Å². The topological polar surface area (TPSA) is 87.7 Å². The number of rotatable bonds is 8. The molecule has 0 radical (unpaired) electrons. The molecule has 0 spiro atoms. The lowest BCUT2D eigenvalue weighted by Gasteiger charge is -2.21. The van der Waals surface area contributed by atoms with Crippen LogP contribution in [0.2, 0.25) is 0 Å². The van der Waals surface area contributed by atoms with Gasteiger partial charge in [-0.25, -0.2) is 4.79 Å². The first-order valence-electron chi connectivity index (χ1n) is 9.18. The third-order valence-corrected chi connectivity index (χ3v) is 5.70. The largest absolute Gasteiger partial charge is 0.497 e. The summed E-state index contributed by atoms with van der Waals surface area (Å²) in [5.41, 5.74) is 2.44. The van der Waals surface area contributed by atoms with E-state index in [-0.39, 0.29) is 5.75 Å². The normalized spacial score (nSPS) is 18.5. The van der Waals surface area contributed by atoms with E-state index in [2.05, 4.69) is 10.7 Å². The van der Waals surface area contributed by atoms with E-state index in [1.165, 1.54) is 11.8 Å². The number of hydrogen-bond acceptors (Lipinski definition) is 5. The first-order valence-corrected chi connectivity index (χ1v) is 10.2. The third kappa shape index (κ3) is 5.08. The summed E-state index contributed by atoms with van der Waals surface area (Å²) in [6, 6.07) is 16.4. The Labute approximate surface area is 173 Å². The monoisotopic (exact) mass is 413 g/mol. The van der Waals surface area contributed by atoms with Gasteiger partial charge >= 0.3 is 6.03 Å². The summed E-state index contributed by atoms with van der Waals surface area (Å²) in [5, 5.41) is 3.47. The second-order valence-corrected chi connectivity index (χ2v) is 7.94. The SMILES string of the molecule is COc1ccc(SCC(=O)NN2C(=O)N[C@@](C)(CCc3ccccc3)C2=O)cc1. The molecule has 1 aliphatic heterocycles. The van der Waals surface area contributed by atoms with Crippen molar-refractivity contribution in [3.63, 3.8) is 0 Å². The van der Waals surface area contributed by atoms with Crippen molar-refractivity contribution in [3.8, 4) is 5.75 Å². The van der Waals surface area contributed by atoms with Crippen molar-refractivity contribution in [2.75, 3.05) is 12.9 Å². The Balaban J connectivity index is 1.53. The van der Waals surface area contributed by atoms with Crippen molar-refractivity contribution >= 4 is 29.6 Å². The third-order valence-electron chi connectivity index (χ3n) is 4.68. The summed E-state index contributed by atoms with van der Waals surface area (Å²) >= 11 is 1.30. The number of methoxy groups -OCH3 is 1. The van der Waals surface area contributed by atoms with Crippen LogP contribution in [0.3, 0.4) is 0 Å². The van der Waals surface area contributed by atoms with Gasteiger partial charge in [-0.2, -0.15) is 5.01 Å². The van der Waals surface area contributed by atoms with Crippen LogP contribution < -0.4 is 15.5 Å². The maximum absolute atomic E-state index is 12.7. The number of carbonyl (C=O) groups is 3. The standard InChI is InChI=1S/C21H23N3O4S/c1-21(13-12-15-6-4-3-5-7-15)19(26)24(20(27)22-21)23-18(25)14-29-17-10-8-16(28-2)9-11-17/h3-11H,12-14H2,1-2H3,(H,22,27)(H,23,25)/t21-/m0/s1. The zero-order valence-electron chi connectivity index (χ0n) is 16.3. The number of amides is 4. The fourth-order valence-electron chi connectivity index (χ4n) is 2.97. The highest BCUT2D eigenvalue weighted by molar-refractivity contribution is 8.00. The minimum Gasteiger partial charge on any atom is -0.497 e. The summed E-state index contributed by atoms with van der Waals surface area (Å²) < 4.78 is 5.10. The maximum Gasteiger partial charge on any atom is 0.344 e. The Morgan fingerprint density at radius 1 is 1.14 bits per heavy atom. The average Bonchev–Trinajstić information content (AvgIpc) is 2.95. The van der Waals surface area contributed by atoms with E-state index in [1.807, 2.05) is 42.5 Å². The van der Waals surface area contributed by atoms with Gasteiger partial charge in [-0.3, -0.25) is 15.0 Å². The summed E-state index contributed by atoms with van der Waals surface area (Å²) in [6.45, 7) is 1.68. The van der Waals surface area contributed by atoms with Gasteiger partial charge in [-0.05, 0) is 49.6 Å². The van der Waals surface area contributed by atoms with Gasteiger partial charge in [0.15, 0.2) is 0 Å². The Morgan fingerprint density at radius 2 is 1.83 bits per heavy atom. The number of thioether (sulfide) groups is 1. The van der Waals surface area contributed by atoms with Crippen LogP contribution in [-0.4, -0.2) is 41.3 Å². The molecular formula is C21H23N3O4S. The Kier molecular flexibility index (Phi) is 6.43. The lowest BCUT2D eigenvalue weighted by atomic mass is 9.93. The first-order chi connectivity index (χ1) is 13.9. The van der Waals surface area contributed by atoms with Crippen molar-refractivity contribution in [2.45, 2.75) is 30.2 Å². The van der Waals surface area contributed by atoms with Crippen LogP contribution in [0.5, 0.6) is 5.75 Å². The molecule has 0 aromatic heterocycles. The molecule has 2 aromatic carbocycles. The smallest absolute Gasteiger partial charge is 0.344 e. The van der Waals surface area contributed by atoms with E-state index >= 15 is 0 Å². The minimum atomic E-state index is -1.05. The van der Waals surface area contributed by atoms with Crippen molar-refractivity contribution in [1.82, 2.24) is 15.8 Å². The highest BCUT2D eigenvalue weighted by Gasteiger charge is 2.48. The molecule has 0 aliphatic carbocycles. The number of benzene rings is 2. The Bertz CT molecular complexity index is 889. The zero-order valence-corrected chi connectivity index (χ0v) is 17.1. The van der Waals surface area contributed by atoms with Gasteiger partial charge in [-0.1, -0.05) is 30.3 Å². The number of nitrogens with one attached hydrogen (secondary N) is 2. The number of hydrogen-bond donors (Lipinski definition) is 2. The first kappa shape index (κ1) is 20.7. The highest BCUT2D eigenvalue weighted by Crippen LogP contribution is 2.23. The Hall–Kier alpha value is -3.00.